The molecule has 1 aliphatic carbocycles. The summed E-state index contributed by atoms with van der Waals surface area (Å²) in [6.45, 7) is 0. The van der Waals surface area contributed by atoms with Crippen LogP contribution in [0.1, 0.15) is 36.0 Å². The van der Waals surface area contributed by atoms with E-state index in [9.17, 15) is 4.79 Å². The molecule has 8 heteroatoms. The number of amides is 1. The summed E-state index contributed by atoms with van der Waals surface area (Å²) < 4.78 is 11.0. The van der Waals surface area contributed by atoms with Crippen LogP contribution < -0.4 is 14.8 Å². The highest BCUT2D eigenvalue weighted by molar-refractivity contribution is 7.98. The number of rotatable bonds is 6. The third-order valence-corrected chi connectivity index (χ3v) is 5.02. The van der Waals surface area contributed by atoms with E-state index in [0.29, 0.717) is 17.3 Å². The second-order valence-corrected chi connectivity index (χ2v) is 6.82. The van der Waals surface area contributed by atoms with Gasteiger partial charge >= 0.3 is 0 Å². The van der Waals surface area contributed by atoms with E-state index in [0.717, 1.165) is 30.7 Å². The molecule has 26 heavy (non-hydrogen) atoms. The fraction of sp³-hybridized carbons (Fsp3) is 0.444. The third-order valence-electron chi connectivity index (χ3n) is 4.31. The second kappa shape index (κ2) is 8.84. The molecule has 1 aliphatic rings. The Bertz CT molecular complexity index is 751. The summed E-state index contributed by atoms with van der Waals surface area (Å²) in [5.74, 6) is 0.840. The first-order chi connectivity index (χ1) is 12.7. The molecule has 1 saturated carbocycles. The van der Waals surface area contributed by atoms with Crippen LogP contribution in [0.25, 0.3) is 0 Å². The number of thioether (sulfide) groups is 1. The van der Waals surface area contributed by atoms with Crippen LogP contribution in [0.4, 0.5) is 0 Å². The molecule has 0 unspecified atom stereocenters. The topological polar surface area (TPSA) is 86.2 Å². The quantitative estimate of drug-likeness (QED) is 0.778. The zero-order chi connectivity index (χ0) is 18.4. The van der Waals surface area contributed by atoms with Gasteiger partial charge in [-0.15, -0.1) is 11.8 Å². The number of hydrogen-bond acceptors (Lipinski definition) is 7. The molecule has 2 heterocycles. The van der Waals surface area contributed by atoms with Crippen molar-refractivity contribution in [2.45, 2.75) is 42.9 Å². The molecular formula is C18H22N4O3S. The van der Waals surface area contributed by atoms with Crippen molar-refractivity contribution in [3.63, 3.8) is 0 Å². The zero-order valence-corrected chi connectivity index (χ0v) is 15.7. The van der Waals surface area contributed by atoms with Gasteiger partial charge in [0, 0.05) is 12.2 Å². The molecule has 1 fully saturated rings. The maximum atomic E-state index is 12.5. The lowest BCUT2D eigenvalue weighted by atomic mass is 9.93. The number of carbonyl (C=O) groups excluding carboxylic acids is 1. The predicted octanol–water partition coefficient (Wildman–Crippen LogP) is 2.72. The number of pyridine rings is 1. The van der Waals surface area contributed by atoms with E-state index >= 15 is 0 Å². The highest BCUT2D eigenvalue weighted by atomic mass is 32.2. The van der Waals surface area contributed by atoms with Crippen LogP contribution in [-0.2, 0) is 0 Å². The standard InChI is InChI=1S/C18H22N4O3S/c1-24-15-10-19-11-16(22-15)25-13-7-5-12(6-8-13)21-17(23)14-4-3-9-20-18(14)26-2/h3-4,9-13H,5-8H2,1-2H3,(H,21,23). The maximum absolute atomic E-state index is 12.5. The lowest BCUT2D eigenvalue weighted by molar-refractivity contribution is 0.0885. The Kier molecular flexibility index (Phi) is 6.27. The lowest BCUT2D eigenvalue weighted by Crippen LogP contribution is -2.40. The minimum Gasteiger partial charge on any atom is -0.480 e. The molecule has 1 amide bonds. The van der Waals surface area contributed by atoms with Gasteiger partial charge < -0.3 is 14.8 Å². The summed E-state index contributed by atoms with van der Waals surface area (Å²) in [6, 6.07) is 3.74. The average Bonchev–Trinajstić information content (AvgIpc) is 2.69. The Balaban J connectivity index is 1.51. The van der Waals surface area contributed by atoms with E-state index in [1.54, 1.807) is 31.8 Å². The van der Waals surface area contributed by atoms with E-state index in [4.69, 9.17) is 9.47 Å². The number of aromatic nitrogens is 3. The molecule has 138 valence electrons. The minimum absolute atomic E-state index is 0.0644. The molecule has 7 nitrogen and oxygen atoms in total. The first-order valence-corrected chi connectivity index (χ1v) is 9.74. The van der Waals surface area contributed by atoms with Gasteiger partial charge in [-0.25, -0.2) is 4.98 Å². The zero-order valence-electron chi connectivity index (χ0n) is 14.8. The predicted molar refractivity (Wildman–Crippen MR) is 98.7 cm³/mol. The molecule has 0 atom stereocenters. The van der Waals surface area contributed by atoms with Crippen LogP contribution in [0.3, 0.4) is 0 Å². The number of nitrogens with zero attached hydrogens (tertiary/aromatic N) is 3. The van der Waals surface area contributed by atoms with Gasteiger partial charge in [0.15, 0.2) is 0 Å². The molecule has 0 bridgehead atoms. The number of nitrogens with one attached hydrogen (secondary N) is 1. The maximum Gasteiger partial charge on any atom is 0.254 e. The van der Waals surface area contributed by atoms with Crippen LogP contribution in [0.15, 0.2) is 35.7 Å². The molecule has 0 aliphatic heterocycles. The van der Waals surface area contributed by atoms with Gasteiger partial charge in [-0.2, -0.15) is 4.98 Å². The van der Waals surface area contributed by atoms with Gasteiger partial charge in [0.2, 0.25) is 11.8 Å². The van der Waals surface area contributed by atoms with Crippen molar-refractivity contribution in [3.05, 3.63) is 36.3 Å². The second-order valence-electron chi connectivity index (χ2n) is 6.02. The number of ether oxygens (including phenoxy) is 2. The molecular weight excluding hydrogens is 352 g/mol. The van der Waals surface area contributed by atoms with Crippen molar-refractivity contribution in [1.82, 2.24) is 20.3 Å². The first-order valence-electron chi connectivity index (χ1n) is 8.52. The fourth-order valence-electron chi connectivity index (χ4n) is 2.97. The lowest BCUT2D eigenvalue weighted by Gasteiger charge is -2.29. The van der Waals surface area contributed by atoms with Gasteiger partial charge in [0.25, 0.3) is 5.91 Å². The Hall–Kier alpha value is -2.35. The molecule has 0 spiro atoms. The largest absolute Gasteiger partial charge is 0.480 e. The fourth-order valence-corrected chi connectivity index (χ4v) is 3.52. The first kappa shape index (κ1) is 18.4. The Labute approximate surface area is 156 Å². The molecule has 0 aromatic carbocycles. The summed E-state index contributed by atoms with van der Waals surface area (Å²) >= 11 is 1.48. The van der Waals surface area contributed by atoms with Crippen LogP contribution >= 0.6 is 11.8 Å². The molecule has 0 saturated heterocycles. The smallest absolute Gasteiger partial charge is 0.254 e. The summed E-state index contributed by atoms with van der Waals surface area (Å²) in [5, 5.41) is 3.87. The summed E-state index contributed by atoms with van der Waals surface area (Å²) in [5.41, 5.74) is 0.630. The minimum atomic E-state index is -0.0644. The van der Waals surface area contributed by atoms with Gasteiger partial charge in [-0.1, -0.05) is 0 Å². The molecule has 2 aromatic rings. The summed E-state index contributed by atoms with van der Waals surface area (Å²) in [6.07, 6.45) is 10.3. The van der Waals surface area contributed by atoms with Crippen LogP contribution in [-0.4, -0.2) is 46.4 Å². The number of carbonyl (C=O) groups is 1. The Morgan fingerprint density at radius 3 is 2.73 bits per heavy atom. The van der Waals surface area contributed by atoms with Crippen molar-refractivity contribution >= 4 is 17.7 Å². The molecule has 3 rings (SSSR count). The summed E-state index contributed by atoms with van der Waals surface area (Å²) in [7, 11) is 1.55. The normalized spacial score (nSPS) is 19.6. The highest BCUT2D eigenvalue weighted by Gasteiger charge is 2.25. The van der Waals surface area contributed by atoms with Crippen LogP contribution in [0.5, 0.6) is 11.8 Å². The van der Waals surface area contributed by atoms with Crippen molar-refractivity contribution in [3.8, 4) is 11.8 Å². The van der Waals surface area contributed by atoms with E-state index in [-0.39, 0.29) is 18.1 Å². The van der Waals surface area contributed by atoms with E-state index < -0.39 is 0 Å². The molecule has 0 radical (unpaired) electrons. The van der Waals surface area contributed by atoms with Crippen LogP contribution in [0.2, 0.25) is 0 Å². The monoisotopic (exact) mass is 374 g/mol. The van der Waals surface area contributed by atoms with Gasteiger partial charge in [0.05, 0.1) is 25.1 Å². The van der Waals surface area contributed by atoms with Gasteiger partial charge in [0.1, 0.15) is 11.1 Å². The SMILES string of the molecule is COc1cncc(OC2CCC(NC(=O)c3cccnc3SC)CC2)n1. The van der Waals surface area contributed by atoms with Gasteiger partial charge in [-0.3, -0.25) is 9.78 Å². The van der Waals surface area contributed by atoms with E-state index in [1.165, 1.54) is 11.8 Å². The third kappa shape index (κ3) is 4.63. The molecule has 1 N–H and O–H groups in total. The molecule has 2 aromatic heterocycles. The van der Waals surface area contributed by atoms with Crippen molar-refractivity contribution in [1.29, 1.82) is 0 Å². The Morgan fingerprint density at radius 1 is 1.23 bits per heavy atom. The van der Waals surface area contributed by atoms with E-state index in [2.05, 4.69) is 20.3 Å². The van der Waals surface area contributed by atoms with Crippen molar-refractivity contribution in [2.75, 3.05) is 13.4 Å². The number of methoxy groups -OCH3 is 1. The van der Waals surface area contributed by atoms with Crippen LogP contribution in [0, 0.1) is 0 Å². The number of hydrogen-bond donors (Lipinski definition) is 1. The van der Waals surface area contributed by atoms with Crippen molar-refractivity contribution in [2.24, 2.45) is 0 Å². The van der Waals surface area contributed by atoms with E-state index in [1.807, 2.05) is 12.3 Å². The van der Waals surface area contributed by atoms with Crippen molar-refractivity contribution < 1.29 is 14.3 Å². The van der Waals surface area contributed by atoms with Gasteiger partial charge in [-0.05, 0) is 44.1 Å². The highest BCUT2D eigenvalue weighted by Crippen LogP contribution is 2.24. The average molecular weight is 374 g/mol. The summed E-state index contributed by atoms with van der Waals surface area (Å²) in [4.78, 5) is 25.0. The Morgan fingerprint density at radius 2 is 2.00 bits per heavy atom.